The van der Waals surface area contributed by atoms with Crippen molar-refractivity contribution in [2.24, 2.45) is 0 Å². The van der Waals surface area contributed by atoms with Gasteiger partial charge in [-0.2, -0.15) is 0 Å². The molecular formula is C25H36N4O4. The average molecular weight is 457 g/mol. The van der Waals surface area contributed by atoms with Crippen LogP contribution in [0.4, 0.5) is 10.5 Å². The number of anilines is 1. The number of imide groups is 1. The van der Waals surface area contributed by atoms with Gasteiger partial charge >= 0.3 is 6.09 Å². The molecule has 3 aliphatic heterocycles. The standard InChI is InChI=1S/C25H36N4O4/c1-25(2,3)33-24(32)29-16-14-28(15-17-29)20-10-12-27(13-11-20)19-6-4-18(5-7-19)21-8-9-22(30)26-23(21)31/h4-7,20-21H,8-17H2,1-3H3,(H,26,30,31)/t21-/m0/s1. The van der Waals surface area contributed by atoms with E-state index >= 15 is 0 Å². The second-order valence-electron chi connectivity index (χ2n) is 10.3. The Balaban J connectivity index is 1.24. The number of piperidine rings is 2. The summed E-state index contributed by atoms with van der Waals surface area (Å²) in [5.41, 5.74) is 1.70. The van der Waals surface area contributed by atoms with E-state index in [0.717, 1.165) is 57.7 Å². The van der Waals surface area contributed by atoms with Gasteiger partial charge in [-0.3, -0.25) is 19.8 Å². The fourth-order valence-corrected chi connectivity index (χ4v) is 5.01. The summed E-state index contributed by atoms with van der Waals surface area (Å²) >= 11 is 0. The number of ether oxygens (including phenoxy) is 1. The largest absolute Gasteiger partial charge is 0.444 e. The number of carbonyl (C=O) groups is 3. The van der Waals surface area contributed by atoms with Gasteiger partial charge in [-0.15, -0.1) is 0 Å². The van der Waals surface area contributed by atoms with Gasteiger partial charge in [0.15, 0.2) is 0 Å². The molecule has 0 saturated carbocycles. The number of nitrogens with one attached hydrogen (secondary N) is 1. The predicted octanol–water partition coefficient (Wildman–Crippen LogP) is 2.73. The molecule has 0 spiro atoms. The molecule has 33 heavy (non-hydrogen) atoms. The lowest BCUT2D eigenvalue weighted by Gasteiger charge is -2.43. The maximum Gasteiger partial charge on any atom is 0.410 e. The lowest BCUT2D eigenvalue weighted by atomic mass is 9.90. The molecule has 1 N–H and O–H groups in total. The van der Waals surface area contributed by atoms with Gasteiger partial charge in [0.1, 0.15) is 5.60 Å². The monoisotopic (exact) mass is 456 g/mol. The van der Waals surface area contributed by atoms with Gasteiger partial charge in [-0.05, 0) is 57.7 Å². The Morgan fingerprint density at radius 2 is 1.58 bits per heavy atom. The first kappa shape index (κ1) is 23.5. The fourth-order valence-electron chi connectivity index (χ4n) is 5.01. The van der Waals surface area contributed by atoms with Crippen molar-refractivity contribution in [3.05, 3.63) is 29.8 Å². The van der Waals surface area contributed by atoms with Crippen molar-refractivity contribution in [2.45, 2.75) is 64.0 Å². The number of rotatable bonds is 3. The zero-order valence-electron chi connectivity index (χ0n) is 20.0. The highest BCUT2D eigenvalue weighted by Gasteiger charge is 2.31. The first-order valence-corrected chi connectivity index (χ1v) is 12.1. The van der Waals surface area contributed by atoms with E-state index in [-0.39, 0.29) is 23.8 Å². The second-order valence-corrected chi connectivity index (χ2v) is 10.3. The van der Waals surface area contributed by atoms with Crippen LogP contribution in [0, 0.1) is 0 Å². The Kier molecular flexibility index (Phi) is 6.93. The topological polar surface area (TPSA) is 82.2 Å². The average Bonchev–Trinajstić information content (AvgIpc) is 2.78. The smallest absolute Gasteiger partial charge is 0.410 e. The van der Waals surface area contributed by atoms with Crippen LogP contribution in [-0.4, -0.2) is 78.6 Å². The molecule has 8 heteroatoms. The summed E-state index contributed by atoms with van der Waals surface area (Å²) in [7, 11) is 0. The maximum absolute atomic E-state index is 12.3. The van der Waals surface area contributed by atoms with Gasteiger partial charge in [-0.1, -0.05) is 12.1 Å². The molecule has 0 unspecified atom stereocenters. The molecule has 8 nitrogen and oxygen atoms in total. The number of hydrogen-bond acceptors (Lipinski definition) is 6. The van der Waals surface area contributed by atoms with Crippen molar-refractivity contribution in [3.63, 3.8) is 0 Å². The van der Waals surface area contributed by atoms with Gasteiger partial charge in [-0.25, -0.2) is 4.79 Å². The van der Waals surface area contributed by atoms with Crippen LogP contribution in [0.3, 0.4) is 0 Å². The normalized spacial score (nSPS) is 23.4. The molecular weight excluding hydrogens is 420 g/mol. The molecule has 3 saturated heterocycles. The zero-order valence-corrected chi connectivity index (χ0v) is 20.0. The summed E-state index contributed by atoms with van der Waals surface area (Å²) < 4.78 is 5.50. The molecule has 1 aromatic rings. The van der Waals surface area contributed by atoms with E-state index in [2.05, 4.69) is 27.2 Å². The number of amides is 3. The molecule has 0 radical (unpaired) electrons. The number of nitrogens with zero attached hydrogens (tertiary/aromatic N) is 3. The van der Waals surface area contributed by atoms with Crippen LogP contribution in [0.2, 0.25) is 0 Å². The molecule has 0 aliphatic carbocycles. The van der Waals surface area contributed by atoms with E-state index in [0.29, 0.717) is 18.9 Å². The number of piperazine rings is 1. The first-order chi connectivity index (χ1) is 15.7. The van der Waals surface area contributed by atoms with Crippen LogP contribution >= 0.6 is 0 Å². The van der Waals surface area contributed by atoms with Crippen LogP contribution in [0.1, 0.15) is 57.9 Å². The Labute approximate surface area is 196 Å². The summed E-state index contributed by atoms with van der Waals surface area (Å²) in [6, 6.07) is 8.79. The summed E-state index contributed by atoms with van der Waals surface area (Å²) in [6.45, 7) is 10.9. The fraction of sp³-hybridized carbons (Fsp3) is 0.640. The van der Waals surface area contributed by atoms with Gasteiger partial charge in [0, 0.05) is 57.4 Å². The molecule has 4 rings (SSSR count). The quantitative estimate of drug-likeness (QED) is 0.705. The Bertz CT molecular complexity index is 863. The number of hydrogen-bond donors (Lipinski definition) is 1. The highest BCUT2D eigenvalue weighted by Crippen LogP contribution is 2.28. The Morgan fingerprint density at radius 3 is 2.15 bits per heavy atom. The molecule has 180 valence electrons. The first-order valence-electron chi connectivity index (χ1n) is 12.1. The Hall–Kier alpha value is -2.61. The number of benzene rings is 1. The maximum atomic E-state index is 12.3. The van der Waals surface area contributed by atoms with E-state index < -0.39 is 5.60 Å². The van der Waals surface area contributed by atoms with Crippen LogP contribution in [-0.2, 0) is 14.3 Å². The minimum Gasteiger partial charge on any atom is -0.444 e. The van der Waals surface area contributed by atoms with Crippen molar-refractivity contribution in [1.29, 1.82) is 0 Å². The van der Waals surface area contributed by atoms with Crippen LogP contribution in [0.5, 0.6) is 0 Å². The minimum absolute atomic E-state index is 0.179. The lowest BCUT2D eigenvalue weighted by Crippen LogP contribution is -2.55. The van der Waals surface area contributed by atoms with Crippen molar-refractivity contribution in [2.75, 3.05) is 44.2 Å². The molecule has 3 fully saturated rings. The van der Waals surface area contributed by atoms with E-state index in [9.17, 15) is 14.4 Å². The summed E-state index contributed by atoms with van der Waals surface area (Å²) in [5.74, 6) is -0.601. The van der Waals surface area contributed by atoms with Gasteiger partial charge in [0.05, 0.1) is 5.92 Å². The van der Waals surface area contributed by atoms with E-state index in [1.54, 1.807) is 0 Å². The third kappa shape index (κ3) is 5.85. The third-order valence-corrected chi connectivity index (χ3v) is 6.85. The summed E-state index contributed by atoms with van der Waals surface area (Å²) in [6.07, 6.45) is 2.97. The number of carbonyl (C=O) groups excluding carboxylic acids is 3. The second kappa shape index (κ2) is 9.71. The molecule has 0 aromatic heterocycles. The highest BCUT2D eigenvalue weighted by atomic mass is 16.6. The minimum atomic E-state index is -0.457. The van der Waals surface area contributed by atoms with Crippen molar-refractivity contribution < 1.29 is 19.1 Å². The highest BCUT2D eigenvalue weighted by molar-refractivity contribution is 6.00. The summed E-state index contributed by atoms with van der Waals surface area (Å²) in [5, 5.41) is 2.44. The van der Waals surface area contributed by atoms with Crippen molar-refractivity contribution in [3.8, 4) is 0 Å². The van der Waals surface area contributed by atoms with Gasteiger partial charge in [0.2, 0.25) is 11.8 Å². The van der Waals surface area contributed by atoms with Gasteiger partial charge in [0.25, 0.3) is 0 Å². The molecule has 3 aliphatic rings. The molecule has 3 amide bonds. The SMILES string of the molecule is CC(C)(C)OC(=O)N1CCN(C2CCN(c3ccc([C@@H]4CCC(=O)NC4=O)cc3)CC2)CC1. The predicted molar refractivity (Wildman–Crippen MR) is 126 cm³/mol. The van der Waals surface area contributed by atoms with E-state index in [1.165, 1.54) is 5.69 Å². The molecule has 1 atom stereocenters. The zero-order chi connectivity index (χ0) is 23.6. The lowest BCUT2D eigenvalue weighted by molar-refractivity contribution is -0.134. The third-order valence-electron chi connectivity index (χ3n) is 6.85. The van der Waals surface area contributed by atoms with Crippen LogP contribution in [0.15, 0.2) is 24.3 Å². The van der Waals surface area contributed by atoms with Crippen LogP contribution in [0.25, 0.3) is 0 Å². The summed E-state index contributed by atoms with van der Waals surface area (Å²) in [4.78, 5) is 42.5. The molecule has 0 bridgehead atoms. The van der Waals surface area contributed by atoms with Gasteiger partial charge < -0.3 is 14.5 Å². The molecule has 1 aromatic carbocycles. The molecule has 3 heterocycles. The van der Waals surface area contributed by atoms with Crippen LogP contribution < -0.4 is 10.2 Å². The van der Waals surface area contributed by atoms with E-state index in [4.69, 9.17) is 4.74 Å². The van der Waals surface area contributed by atoms with E-state index in [1.807, 2.05) is 37.8 Å². The Morgan fingerprint density at radius 1 is 0.939 bits per heavy atom. The van der Waals surface area contributed by atoms with Crippen molar-refractivity contribution in [1.82, 2.24) is 15.1 Å². The van der Waals surface area contributed by atoms with Crippen molar-refractivity contribution >= 4 is 23.6 Å².